The van der Waals surface area contributed by atoms with E-state index in [4.69, 9.17) is 14.6 Å². The Bertz CT molecular complexity index is 931. The molecule has 2 N–H and O–H groups in total. The summed E-state index contributed by atoms with van der Waals surface area (Å²) in [4.78, 5) is 23.4. The summed E-state index contributed by atoms with van der Waals surface area (Å²) >= 11 is 0. The molecule has 2 aromatic rings. The van der Waals surface area contributed by atoms with Crippen molar-refractivity contribution in [3.8, 4) is 5.75 Å². The Morgan fingerprint density at radius 1 is 1.09 bits per heavy atom. The molecule has 0 saturated carbocycles. The van der Waals surface area contributed by atoms with Crippen LogP contribution in [0.4, 0.5) is 17.6 Å². The summed E-state index contributed by atoms with van der Waals surface area (Å²) in [5.41, 5.74) is -0.480. The van der Waals surface area contributed by atoms with E-state index in [1.54, 1.807) is 31.2 Å². The first-order valence-electron chi connectivity index (χ1n) is 9.74. The van der Waals surface area contributed by atoms with Gasteiger partial charge in [0, 0.05) is 19.6 Å². The fourth-order valence-electron chi connectivity index (χ4n) is 2.84. The largest absolute Gasteiger partial charge is 0.481 e. The van der Waals surface area contributed by atoms with Crippen LogP contribution >= 0.6 is 0 Å². The molecule has 0 bridgehead atoms. The summed E-state index contributed by atoms with van der Waals surface area (Å²) in [5, 5.41) is 11.5. The van der Waals surface area contributed by atoms with Gasteiger partial charge in [0.1, 0.15) is 11.6 Å². The van der Waals surface area contributed by atoms with Gasteiger partial charge in [-0.2, -0.15) is 13.2 Å². The van der Waals surface area contributed by atoms with E-state index in [1.165, 1.54) is 6.92 Å². The van der Waals surface area contributed by atoms with Crippen molar-refractivity contribution in [1.82, 2.24) is 5.32 Å². The molecule has 174 valence electrons. The van der Waals surface area contributed by atoms with Crippen molar-refractivity contribution in [1.29, 1.82) is 0 Å². The molecule has 0 unspecified atom stereocenters. The van der Waals surface area contributed by atoms with E-state index >= 15 is 0 Å². The van der Waals surface area contributed by atoms with Crippen LogP contribution in [0.25, 0.3) is 0 Å². The third-order valence-electron chi connectivity index (χ3n) is 4.42. The third kappa shape index (κ3) is 7.52. The van der Waals surface area contributed by atoms with Crippen LogP contribution in [0.2, 0.25) is 0 Å². The minimum absolute atomic E-state index is 0.0375. The fraction of sp³-hybridized carbons (Fsp3) is 0.364. The van der Waals surface area contributed by atoms with E-state index in [-0.39, 0.29) is 25.1 Å². The van der Waals surface area contributed by atoms with Gasteiger partial charge in [-0.1, -0.05) is 12.1 Å². The standard InChI is InChI=1S/C22H23F4NO5/c1-3-31-19(21(29)30)10-14-4-6-18(7-5-14)32-13(2)20(28)27-12-15-8-16(22(24,25)26)11-17(23)9-15/h4-9,11,13,19H,3,10,12H2,1-2H3,(H,27,28)(H,29,30)/t13-,19+/m1/s1. The molecule has 0 aliphatic carbocycles. The Morgan fingerprint density at radius 3 is 2.31 bits per heavy atom. The first-order valence-corrected chi connectivity index (χ1v) is 9.74. The van der Waals surface area contributed by atoms with Gasteiger partial charge in [-0.25, -0.2) is 9.18 Å². The predicted octanol–water partition coefficient (Wildman–Crippen LogP) is 3.96. The maximum absolute atomic E-state index is 13.4. The molecule has 0 spiro atoms. The number of alkyl halides is 3. The summed E-state index contributed by atoms with van der Waals surface area (Å²) in [6, 6.07) is 8.46. The topological polar surface area (TPSA) is 84.9 Å². The maximum Gasteiger partial charge on any atom is 0.416 e. The highest BCUT2D eigenvalue weighted by Crippen LogP contribution is 2.30. The second-order valence-electron chi connectivity index (χ2n) is 6.95. The van der Waals surface area contributed by atoms with Crippen molar-refractivity contribution >= 4 is 11.9 Å². The van der Waals surface area contributed by atoms with Crippen molar-refractivity contribution in [2.45, 2.75) is 45.2 Å². The Balaban J connectivity index is 1.93. The lowest BCUT2D eigenvalue weighted by molar-refractivity contribution is -0.150. The third-order valence-corrected chi connectivity index (χ3v) is 4.42. The monoisotopic (exact) mass is 457 g/mol. The molecule has 0 aromatic heterocycles. The molecular formula is C22H23F4NO5. The molecule has 0 saturated heterocycles. The second kappa shape index (κ2) is 10.9. The van der Waals surface area contributed by atoms with Gasteiger partial charge in [-0.15, -0.1) is 0 Å². The molecule has 0 aliphatic heterocycles. The van der Waals surface area contributed by atoms with Crippen LogP contribution in [0.15, 0.2) is 42.5 Å². The molecule has 6 nitrogen and oxygen atoms in total. The van der Waals surface area contributed by atoms with Gasteiger partial charge < -0.3 is 19.9 Å². The zero-order valence-corrected chi connectivity index (χ0v) is 17.4. The SMILES string of the molecule is CCO[C@@H](Cc1ccc(O[C@H](C)C(=O)NCc2cc(F)cc(C(F)(F)F)c2)cc1)C(=O)O. The van der Waals surface area contributed by atoms with Crippen LogP contribution in [0.3, 0.4) is 0 Å². The van der Waals surface area contributed by atoms with Gasteiger partial charge in [-0.3, -0.25) is 4.79 Å². The number of amides is 1. The number of hydrogen-bond donors (Lipinski definition) is 2. The van der Waals surface area contributed by atoms with Crippen LogP contribution in [-0.4, -0.2) is 35.8 Å². The van der Waals surface area contributed by atoms with Gasteiger partial charge in [0.05, 0.1) is 5.56 Å². The highest BCUT2D eigenvalue weighted by Gasteiger charge is 2.31. The first-order chi connectivity index (χ1) is 15.0. The van der Waals surface area contributed by atoms with Crippen molar-refractivity contribution < 1.29 is 41.7 Å². The normalized spacial score (nSPS) is 13.3. The number of carbonyl (C=O) groups is 2. The van der Waals surface area contributed by atoms with E-state index in [0.29, 0.717) is 17.4 Å². The average Bonchev–Trinajstić information content (AvgIpc) is 2.71. The highest BCUT2D eigenvalue weighted by atomic mass is 19.4. The molecule has 0 radical (unpaired) electrons. The number of hydrogen-bond acceptors (Lipinski definition) is 4. The van der Waals surface area contributed by atoms with Crippen LogP contribution < -0.4 is 10.1 Å². The summed E-state index contributed by atoms with van der Waals surface area (Å²) < 4.78 is 62.5. The van der Waals surface area contributed by atoms with Gasteiger partial charge in [0.25, 0.3) is 5.91 Å². The summed E-state index contributed by atoms with van der Waals surface area (Å²) in [5.74, 6) is -2.39. The Labute approximate surface area is 182 Å². The molecular weight excluding hydrogens is 434 g/mol. The Morgan fingerprint density at radius 2 is 1.75 bits per heavy atom. The molecule has 32 heavy (non-hydrogen) atoms. The number of nitrogens with one attached hydrogen (secondary N) is 1. The lowest BCUT2D eigenvalue weighted by atomic mass is 10.1. The molecule has 2 aromatic carbocycles. The number of halogens is 4. The number of benzene rings is 2. The average molecular weight is 457 g/mol. The van der Waals surface area contributed by atoms with E-state index in [0.717, 1.165) is 12.1 Å². The summed E-state index contributed by atoms with van der Waals surface area (Å²) in [7, 11) is 0. The summed E-state index contributed by atoms with van der Waals surface area (Å²) in [6.07, 6.45) is -6.49. The zero-order valence-electron chi connectivity index (χ0n) is 17.4. The van der Waals surface area contributed by atoms with Crippen molar-refractivity contribution in [3.05, 3.63) is 65.0 Å². The minimum Gasteiger partial charge on any atom is -0.481 e. The molecule has 2 rings (SSSR count). The van der Waals surface area contributed by atoms with Crippen molar-refractivity contribution in [2.75, 3.05) is 6.61 Å². The van der Waals surface area contributed by atoms with Gasteiger partial charge in [-0.05, 0) is 55.3 Å². The van der Waals surface area contributed by atoms with Crippen molar-refractivity contribution in [3.63, 3.8) is 0 Å². The second-order valence-corrected chi connectivity index (χ2v) is 6.95. The van der Waals surface area contributed by atoms with E-state index in [2.05, 4.69) is 5.32 Å². The number of aliphatic carboxylic acids is 1. The van der Waals surface area contributed by atoms with E-state index < -0.39 is 41.6 Å². The highest BCUT2D eigenvalue weighted by molar-refractivity contribution is 5.80. The number of rotatable bonds is 10. The molecule has 0 heterocycles. The van der Waals surface area contributed by atoms with Crippen LogP contribution in [0.1, 0.15) is 30.5 Å². The molecule has 2 atom stereocenters. The van der Waals surface area contributed by atoms with Gasteiger partial charge in [0.2, 0.25) is 0 Å². The van der Waals surface area contributed by atoms with E-state index in [1.807, 2.05) is 0 Å². The Hall–Kier alpha value is -3.14. The lowest BCUT2D eigenvalue weighted by Crippen LogP contribution is -2.36. The smallest absolute Gasteiger partial charge is 0.416 e. The fourth-order valence-corrected chi connectivity index (χ4v) is 2.84. The quantitative estimate of drug-likeness (QED) is 0.528. The molecule has 0 fully saturated rings. The van der Waals surface area contributed by atoms with Crippen LogP contribution in [-0.2, 0) is 33.5 Å². The molecule has 1 amide bonds. The van der Waals surface area contributed by atoms with Crippen molar-refractivity contribution in [2.24, 2.45) is 0 Å². The predicted molar refractivity (Wildman–Crippen MR) is 107 cm³/mol. The zero-order chi connectivity index (χ0) is 23.9. The van der Waals surface area contributed by atoms with E-state index in [9.17, 15) is 27.2 Å². The Kier molecular flexibility index (Phi) is 8.59. The van der Waals surface area contributed by atoms with Crippen LogP contribution in [0, 0.1) is 5.82 Å². The van der Waals surface area contributed by atoms with Gasteiger partial charge in [0.15, 0.2) is 12.2 Å². The number of ether oxygens (including phenoxy) is 2. The maximum atomic E-state index is 13.4. The number of carboxylic acids is 1. The molecule has 10 heteroatoms. The lowest BCUT2D eigenvalue weighted by Gasteiger charge is -2.16. The van der Waals surface area contributed by atoms with Gasteiger partial charge >= 0.3 is 12.1 Å². The molecule has 0 aliphatic rings. The van der Waals surface area contributed by atoms with Crippen LogP contribution in [0.5, 0.6) is 5.75 Å². The number of carbonyl (C=O) groups excluding carboxylic acids is 1. The summed E-state index contributed by atoms with van der Waals surface area (Å²) in [6.45, 7) is 3.10. The number of carboxylic acid groups (broad SMARTS) is 1. The minimum atomic E-state index is -4.70. The first kappa shape index (κ1) is 25.1.